The Bertz CT molecular complexity index is 789. The molecule has 2 saturated heterocycles. The first kappa shape index (κ1) is 21.0. The Morgan fingerprint density at radius 2 is 1.83 bits per heavy atom. The van der Waals surface area contributed by atoms with Crippen LogP contribution >= 0.6 is 0 Å². The van der Waals surface area contributed by atoms with Crippen molar-refractivity contribution in [3.8, 4) is 0 Å². The highest BCUT2D eigenvalue weighted by molar-refractivity contribution is 5.75. The minimum absolute atomic E-state index is 0.0252. The van der Waals surface area contributed by atoms with Gasteiger partial charge in [0.2, 0.25) is 5.91 Å². The van der Waals surface area contributed by atoms with Crippen LogP contribution in [0.4, 0.5) is 0 Å². The summed E-state index contributed by atoms with van der Waals surface area (Å²) in [5.41, 5.74) is 2.64. The molecule has 2 fully saturated rings. The first-order valence-corrected chi connectivity index (χ1v) is 11.3. The third-order valence-electron chi connectivity index (χ3n) is 6.50. The molecular weight excluding hydrogens is 374 g/mol. The smallest absolute Gasteiger partial charge is 0.220 e. The predicted octanol–water partition coefficient (Wildman–Crippen LogP) is 3.73. The molecule has 0 aliphatic carbocycles. The van der Waals surface area contributed by atoms with E-state index in [4.69, 9.17) is 4.74 Å². The molecule has 2 aliphatic rings. The molecule has 2 aliphatic heterocycles. The predicted molar refractivity (Wildman–Crippen MR) is 118 cm³/mol. The average molecular weight is 408 g/mol. The van der Waals surface area contributed by atoms with Gasteiger partial charge in [-0.25, -0.2) is 0 Å². The average Bonchev–Trinajstić information content (AvgIpc) is 3.18. The number of carbonyl (C=O) groups is 1. The molecule has 1 N–H and O–H groups in total. The van der Waals surface area contributed by atoms with Gasteiger partial charge in [-0.15, -0.1) is 0 Å². The molecule has 0 bridgehead atoms. The Morgan fingerprint density at radius 3 is 2.60 bits per heavy atom. The molecule has 4 rings (SSSR count). The Balaban J connectivity index is 1.13. The van der Waals surface area contributed by atoms with Crippen LogP contribution in [0.1, 0.15) is 49.7 Å². The van der Waals surface area contributed by atoms with Gasteiger partial charge in [0.05, 0.1) is 11.7 Å². The third kappa shape index (κ3) is 5.89. The molecule has 1 aromatic heterocycles. The molecule has 5 nitrogen and oxygen atoms in total. The van der Waals surface area contributed by atoms with E-state index in [9.17, 15) is 4.79 Å². The summed E-state index contributed by atoms with van der Waals surface area (Å²) in [7, 11) is 0. The first-order valence-electron chi connectivity index (χ1n) is 11.3. The number of nitrogens with one attached hydrogen (secondary N) is 1. The maximum Gasteiger partial charge on any atom is 0.220 e. The number of hydrogen-bond acceptors (Lipinski definition) is 4. The number of rotatable bonds is 8. The molecule has 1 aromatic carbocycles. The second-order valence-electron chi connectivity index (χ2n) is 8.74. The van der Waals surface area contributed by atoms with E-state index >= 15 is 0 Å². The normalized spacial score (nSPS) is 21.0. The van der Waals surface area contributed by atoms with E-state index in [-0.39, 0.29) is 17.6 Å². The molecule has 1 atom stereocenters. The van der Waals surface area contributed by atoms with Crippen LogP contribution in [0.2, 0.25) is 0 Å². The maximum absolute atomic E-state index is 12.2. The van der Waals surface area contributed by atoms with Gasteiger partial charge in [0, 0.05) is 45.0 Å². The lowest BCUT2D eigenvalue weighted by atomic mass is 9.88. The van der Waals surface area contributed by atoms with E-state index in [0.29, 0.717) is 13.0 Å². The van der Waals surface area contributed by atoms with E-state index in [1.54, 1.807) is 0 Å². The fraction of sp³-hybridized carbons (Fsp3) is 0.520. The lowest BCUT2D eigenvalue weighted by molar-refractivity contribution is -0.122. The molecule has 5 heteroatoms. The zero-order valence-electron chi connectivity index (χ0n) is 17.8. The number of nitrogens with zero attached hydrogens (tertiary/aromatic N) is 2. The Morgan fingerprint density at radius 1 is 1.07 bits per heavy atom. The van der Waals surface area contributed by atoms with Crippen LogP contribution in [0.5, 0.6) is 0 Å². The number of benzene rings is 1. The topological polar surface area (TPSA) is 54.5 Å². The van der Waals surface area contributed by atoms with Crippen LogP contribution in [0.3, 0.4) is 0 Å². The number of likely N-dealkylation sites (tertiary alicyclic amines) is 1. The van der Waals surface area contributed by atoms with Crippen molar-refractivity contribution in [2.75, 3.05) is 19.6 Å². The number of aryl methyl sites for hydroxylation is 1. The Kier molecular flexibility index (Phi) is 7.13. The van der Waals surface area contributed by atoms with Crippen molar-refractivity contribution >= 4 is 5.91 Å². The van der Waals surface area contributed by atoms with Crippen LogP contribution in [-0.4, -0.2) is 47.1 Å². The molecule has 1 amide bonds. The van der Waals surface area contributed by atoms with Crippen molar-refractivity contribution in [2.24, 2.45) is 0 Å². The van der Waals surface area contributed by atoms with Crippen molar-refractivity contribution in [3.63, 3.8) is 0 Å². The molecule has 0 radical (unpaired) electrons. The van der Waals surface area contributed by atoms with E-state index in [1.165, 1.54) is 11.1 Å². The highest BCUT2D eigenvalue weighted by Crippen LogP contribution is 2.39. The summed E-state index contributed by atoms with van der Waals surface area (Å²) in [6, 6.07) is 14.5. The van der Waals surface area contributed by atoms with Gasteiger partial charge in [-0.2, -0.15) is 0 Å². The zero-order chi connectivity index (χ0) is 20.7. The van der Waals surface area contributed by atoms with Crippen LogP contribution < -0.4 is 5.32 Å². The summed E-state index contributed by atoms with van der Waals surface area (Å²) in [4.78, 5) is 18.8. The molecular formula is C25H33N3O2. The molecule has 0 saturated carbocycles. The summed E-state index contributed by atoms with van der Waals surface area (Å²) in [5.74, 6) is 0.141. The number of amides is 1. The molecule has 160 valence electrons. The summed E-state index contributed by atoms with van der Waals surface area (Å²) in [5, 5.41) is 3.09. The number of ether oxygens (including phenoxy) is 1. The lowest BCUT2D eigenvalue weighted by Gasteiger charge is -2.39. The van der Waals surface area contributed by atoms with Gasteiger partial charge in [-0.3, -0.25) is 14.7 Å². The van der Waals surface area contributed by atoms with Crippen molar-refractivity contribution < 1.29 is 9.53 Å². The van der Waals surface area contributed by atoms with Gasteiger partial charge in [0.1, 0.15) is 0 Å². The molecule has 30 heavy (non-hydrogen) atoms. The minimum atomic E-state index is 0.0252. The molecule has 2 aromatic rings. The van der Waals surface area contributed by atoms with Gasteiger partial charge in [-0.05, 0) is 61.8 Å². The molecule has 1 spiro atoms. The van der Waals surface area contributed by atoms with Crippen LogP contribution in [0, 0.1) is 0 Å². The van der Waals surface area contributed by atoms with Gasteiger partial charge in [0.15, 0.2) is 0 Å². The highest BCUT2D eigenvalue weighted by atomic mass is 16.5. The Labute approximate surface area is 179 Å². The van der Waals surface area contributed by atoms with Gasteiger partial charge in [-0.1, -0.05) is 30.3 Å². The van der Waals surface area contributed by atoms with Crippen molar-refractivity contribution in [3.05, 3.63) is 66.0 Å². The third-order valence-corrected chi connectivity index (χ3v) is 6.50. The SMILES string of the molecule is O=C(CCCc1ccccc1)NCC1CCC2(CCN(Cc3ccncc3)CC2)O1. The second kappa shape index (κ2) is 10.2. The summed E-state index contributed by atoms with van der Waals surface area (Å²) < 4.78 is 6.46. The fourth-order valence-electron chi connectivity index (χ4n) is 4.69. The molecule has 3 heterocycles. The van der Waals surface area contributed by atoms with Crippen molar-refractivity contribution in [1.82, 2.24) is 15.2 Å². The second-order valence-corrected chi connectivity index (χ2v) is 8.74. The van der Waals surface area contributed by atoms with Gasteiger partial charge >= 0.3 is 0 Å². The zero-order valence-corrected chi connectivity index (χ0v) is 17.8. The summed E-state index contributed by atoms with van der Waals surface area (Å²) in [6.45, 7) is 3.77. The summed E-state index contributed by atoms with van der Waals surface area (Å²) >= 11 is 0. The van der Waals surface area contributed by atoms with Crippen LogP contribution in [-0.2, 0) is 22.5 Å². The first-order chi connectivity index (χ1) is 14.7. The molecule has 1 unspecified atom stereocenters. The summed E-state index contributed by atoms with van der Waals surface area (Å²) in [6.07, 6.45) is 10.6. The van der Waals surface area contributed by atoms with E-state index in [1.807, 2.05) is 30.6 Å². The van der Waals surface area contributed by atoms with E-state index in [0.717, 1.165) is 58.2 Å². The Hall–Kier alpha value is -2.24. The quantitative estimate of drug-likeness (QED) is 0.724. The van der Waals surface area contributed by atoms with Crippen molar-refractivity contribution in [2.45, 2.75) is 63.2 Å². The van der Waals surface area contributed by atoms with Crippen LogP contribution in [0.15, 0.2) is 54.9 Å². The van der Waals surface area contributed by atoms with E-state index < -0.39 is 0 Å². The standard InChI is InChI=1S/C25H33N3O2/c29-24(8-4-7-21-5-2-1-3-6-21)27-19-23-9-12-25(30-23)13-17-28(18-14-25)20-22-10-15-26-16-11-22/h1-3,5-6,10-11,15-16,23H,4,7-9,12-14,17-20H2,(H,27,29). The van der Waals surface area contributed by atoms with Crippen molar-refractivity contribution in [1.29, 1.82) is 0 Å². The minimum Gasteiger partial charge on any atom is -0.370 e. The fourth-order valence-corrected chi connectivity index (χ4v) is 4.69. The number of aromatic nitrogens is 1. The van der Waals surface area contributed by atoms with E-state index in [2.05, 4.69) is 39.5 Å². The number of piperidine rings is 1. The highest BCUT2D eigenvalue weighted by Gasteiger charge is 2.42. The van der Waals surface area contributed by atoms with Gasteiger partial charge in [0.25, 0.3) is 0 Å². The monoisotopic (exact) mass is 407 g/mol. The largest absolute Gasteiger partial charge is 0.370 e. The number of hydrogen-bond donors (Lipinski definition) is 1. The lowest BCUT2D eigenvalue weighted by Crippen LogP contribution is -2.44. The van der Waals surface area contributed by atoms with Gasteiger partial charge < -0.3 is 10.1 Å². The number of pyridine rings is 1. The maximum atomic E-state index is 12.2. The number of carbonyl (C=O) groups excluding carboxylic acids is 1. The van der Waals surface area contributed by atoms with Crippen LogP contribution in [0.25, 0.3) is 0 Å².